The molecule has 0 N–H and O–H groups in total. The monoisotopic (exact) mass is 392 g/mol. The SMILES string of the molecule is COc1ccc(S(=O)(=O)N2CCN(CCCc3cccc(F)c3)CC2)cc1. The molecule has 0 aromatic heterocycles. The van der Waals surface area contributed by atoms with Crippen LogP contribution < -0.4 is 4.74 Å². The van der Waals surface area contributed by atoms with Crippen molar-refractivity contribution in [3.8, 4) is 5.75 Å². The van der Waals surface area contributed by atoms with Crippen LogP contribution in [-0.4, -0.2) is 57.5 Å². The molecule has 1 saturated heterocycles. The minimum atomic E-state index is -3.47. The molecule has 3 rings (SSSR count). The first-order valence-corrected chi connectivity index (χ1v) is 10.5. The molecule has 0 saturated carbocycles. The smallest absolute Gasteiger partial charge is 0.243 e. The maximum Gasteiger partial charge on any atom is 0.243 e. The van der Waals surface area contributed by atoms with E-state index in [2.05, 4.69) is 4.90 Å². The minimum Gasteiger partial charge on any atom is -0.497 e. The number of hydrogen-bond acceptors (Lipinski definition) is 4. The van der Waals surface area contributed by atoms with Gasteiger partial charge >= 0.3 is 0 Å². The quantitative estimate of drug-likeness (QED) is 0.727. The second-order valence-corrected chi connectivity index (χ2v) is 8.59. The first-order chi connectivity index (χ1) is 13.0. The van der Waals surface area contributed by atoms with Gasteiger partial charge in [0, 0.05) is 26.2 Å². The van der Waals surface area contributed by atoms with Crippen molar-refractivity contribution < 1.29 is 17.5 Å². The Bertz CT molecular complexity index is 848. The molecule has 1 aliphatic heterocycles. The molecule has 0 bridgehead atoms. The van der Waals surface area contributed by atoms with Gasteiger partial charge in [-0.05, 0) is 61.3 Å². The molecule has 0 atom stereocenters. The summed E-state index contributed by atoms with van der Waals surface area (Å²) in [6, 6.07) is 13.2. The fraction of sp³-hybridized carbons (Fsp3) is 0.400. The van der Waals surface area contributed by atoms with E-state index >= 15 is 0 Å². The number of aryl methyl sites for hydroxylation is 1. The van der Waals surface area contributed by atoms with Crippen LogP contribution in [0.5, 0.6) is 5.75 Å². The minimum absolute atomic E-state index is 0.204. The zero-order valence-electron chi connectivity index (χ0n) is 15.5. The highest BCUT2D eigenvalue weighted by Crippen LogP contribution is 2.20. The highest BCUT2D eigenvalue weighted by molar-refractivity contribution is 7.89. The molecular weight excluding hydrogens is 367 g/mol. The van der Waals surface area contributed by atoms with E-state index in [1.54, 1.807) is 43.5 Å². The third-order valence-corrected chi connectivity index (χ3v) is 6.77. The van der Waals surface area contributed by atoms with E-state index < -0.39 is 10.0 Å². The summed E-state index contributed by atoms with van der Waals surface area (Å²) in [5.74, 6) is 0.432. The summed E-state index contributed by atoms with van der Waals surface area (Å²) in [7, 11) is -1.92. The third kappa shape index (κ3) is 5.06. The van der Waals surface area contributed by atoms with E-state index in [9.17, 15) is 12.8 Å². The zero-order chi connectivity index (χ0) is 19.3. The number of methoxy groups -OCH3 is 1. The van der Waals surface area contributed by atoms with Crippen LogP contribution in [0.2, 0.25) is 0 Å². The molecule has 0 unspecified atom stereocenters. The van der Waals surface area contributed by atoms with Crippen LogP contribution in [-0.2, 0) is 16.4 Å². The van der Waals surface area contributed by atoms with E-state index in [1.165, 1.54) is 10.4 Å². The Kier molecular flexibility index (Phi) is 6.46. The van der Waals surface area contributed by atoms with E-state index in [0.29, 0.717) is 36.8 Å². The van der Waals surface area contributed by atoms with E-state index in [0.717, 1.165) is 24.9 Å². The normalized spacial score (nSPS) is 16.4. The molecular formula is C20H25FN2O3S. The van der Waals surface area contributed by atoms with Gasteiger partial charge in [-0.1, -0.05) is 12.1 Å². The number of halogens is 1. The first-order valence-electron chi connectivity index (χ1n) is 9.10. The average Bonchev–Trinajstić information content (AvgIpc) is 2.68. The molecule has 2 aromatic rings. The van der Waals surface area contributed by atoms with Gasteiger partial charge < -0.3 is 9.64 Å². The molecule has 27 heavy (non-hydrogen) atoms. The van der Waals surface area contributed by atoms with Gasteiger partial charge in [0.1, 0.15) is 11.6 Å². The lowest BCUT2D eigenvalue weighted by atomic mass is 10.1. The van der Waals surface area contributed by atoms with Crippen LogP contribution in [0.4, 0.5) is 4.39 Å². The van der Waals surface area contributed by atoms with Gasteiger partial charge in [0.05, 0.1) is 12.0 Å². The Balaban J connectivity index is 1.49. The lowest BCUT2D eigenvalue weighted by Gasteiger charge is -2.34. The molecule has 0 aliphatic carbocycles. The van der Waals surface area contributed by atoms with Crippen LogP contribution >= 0.6 is 0 Å². The lowest BCUT2D eigenvalue weighted by Crippen LogP contribution is -2.48. The standard InChI is InChI=1S/C20H25FN2O3S/c1-26-19-7-9-20(10-8-19)27(24,25)23-14-12-22(13-15-23)11-3-5-17-4-2-6-18(21)16-17/h2,4,6-10,16H,3,5,11-15H2,1H3. The summed E-state index contributed by atoms with van der Waals surface area (Å²) in [5.41, 5.74) is 0.996. The number of sulfonamides is 1. The summed E-state index contributed by atoms with van der Waals surface area (Å²) in [6.45, 7) is 3.26. The van der Waals surface area contributed by atoms with Gasteiger partial charge in [-0.3, -0.25) is 0 Å². The van der Waals surface area contributed by atoms with Gasteiger partial charge in [0.15, 0.2) is 0 Å². The summed E-state index contributed by atoms with van der Waals surface area (Å²) in [4.78, 5) is 2.56. The Labute approximate surface area is 160 Å². The van der Waals surface area contributed by atoms with Crippen molar-refractivity contribution in [1.29, 1.82) is 0 Å². The van der Waals surface area contributed by atoms with Crippen LogP contribution in [0.25, 0.3) is 0 Å². The molecule has 0 amide bonds. The Morgan fingerprint density at radius 1 is 1.04 bits per heavy atom. The van der Waals surface area contributed by atoms with E-state index in [4.69, 9.17) is 4.74 Å². The summed E-state index contributed by atoms with van der Waals surface area (Å²) < 4.78 is 45.3. The second kappa shape index (κ2) is 8.82. The number of benzene rings is 2. The molecule has 5 nitrogen and oxygen atoms in total. The maximum absolute atomic E-state index is 13.2. The van der Waals surface area contributed by atoms with E-state index in [1.807, 2.05) is 6.07 Å². The van der Waals surface area contributed by atoms with E-state index in [-0.39, 0.29) is 5.82 Å². The van der Waals surface area contributed by atoms with Crippen LogP contribution in [0, 0.1) is 5.82 Å². The van der Waals surface area contributed by atoms with Crippen molar-refractivity contribution in [3.63, 3.8) is 0 Å². The van der Waals surface area contributed by atoms with Crippen LogP contribution in [0.15, 0.2) is 53.4 Å². The van der Waals surface area contributed by atoms with Crippen molar-refractivity contribution in [1.82, 2.24) is 9.21 Å². The van der Waals surface area contributed by atoms with Gasteiger partial charge in [0.25, 0.3) is 0 Å². The Morgan fingerprint density at radius 2 is 1.74 bits per heavy atom. The van der Waals surface area contributed by atoms with Gasteiger partial charge in [-0.15, -0.1) is 0 Å². The summed E-state index contributed by atoms with van der Waals surface area (Å²) in [5, 5.41) is 0. The van der Waals surface area contributed by atoms with Crippen LogP contribution in [0.1, 0.15) is 12.0 Å². The molecule has 0 spiro atoms. The highest BCUT2D eigenvalue weighted by atomic mass is 32.2. The van der Waals surface area contributed by atoms with Crippen molar-refractivity contribution in [2.24, 2.45) is 0 Å². The number of hydrogen-bond donors (Lipinski definition) is 0. The van der Waals surface area contributed by atoms with Crippen molar-refractivity contribution in [2.45, 2.75) is 17.7 Å². The van der Waals surface area contributed by atoms with Crippen molar-refractivity contribution >= 4 is 10.0 Å². The predicted molar refractivity (Wildman–Crippen MR) is 103 cm³/mol. The third-order valence-electron chi connectivity index (χ3n) is 4.86. The number of ether oxygens (including phenoxy) is 1. The maximum atomic E-state index is 13.2. The summed E-state index contributed by atoms with van der Waals surface area (Å²) in [6.07, 6.45) is 1.75. The average molecular weight is 392 g/mol. The Hall–Kier alpha value is -1.96. The topological polar surface area (TPSA) is 49.9 Å². The second-order valence-electron chi connectivity index (χ2n) is 6.65. The largest absolute Gasteiger partial charge is 0.497 e. The Morgan fingerprint density at radius 3 is 2.37 bits per heavy atom. The van der Waals surface area contributed by atoms with Gasteiger partial charge in [-0.2, -0.15) is 4.31 Å². The highest BCUT2D eigenvalue weighted by Gasteiger charge is 2.28. The van der Waals surface area contributed by atoms with Crippen molar-refractivity contribution in [3.05, 3.63) is 59.9 Å². The fourth-order valence-electron chi connectivity index (χ4n) is 3.29. The van der Waals surface area contributed by atoms with Crippen molar-refractivity contribution in [2.75, 3.05) is 39.8 Å². The molecule has 2 aromatic carbocycles. The van der Waals surface area contributed by atoms with Gasteiger partial charge in [-0.25, -0.2) is 12.8 Å². The molecule has 0 radical (unpaired) electrons. The first kappa shape index (κ1) is 19.8. The molecule has 1 fully saturated rings. The molecule has 7 heteroatoms. The molecule has 146 valence electrons. The lowest BCUT2D eigenvalue weighted by molar-refractivity contribution is 0.187. The van der Waals surface area contributed by atoms with Crippen LogP contribution in [0.3, 0.4) is 0 Å². The number of piperazine rings is 1. The number of rotatable bonds is 7. The van der Waals surface area contributed by atoms with Gasteiger partial charge in [0.2, 0.25) is 10.0 Å². The number of nitrogens with zero attached hydrogens (tertiary/aromatic N) is 2. The zero-order valence-corrected chi connectivity index (χ0v) is 16.3. The summed E-state index contributed by atoms with van der Waals surface area (Å²) >= 11 is 0. The fourth-order valence-corrected chi connectivity index (χ4v) is 4.71. The molecule has 1 aliphatic rings. The molecule has 1 heterocycles. The predicted octanol–water partition coefficient (Wildman–Crippen LogP) is 2.77.